The van der Waals surface area contributed by atoms with Crippen LogP contribution in [-0.2, 0) is 16.8 Å². The Hall–Kier alpha value is -1.65. The maximum Gasteiger partial charge on any atom is 0.340 e. The van der Waals surface area contributed by atoms with Gasteiger partial charge in [0.15, 0.2) is 5.60 Å². The van der Waals surface area contributed by atoms with E-state index in [1.807, 2.05) is 18.2 Å². The first-order valence-corrected chi connectivity index (χ1v) is 6.09. The molecule has 88 valence electrons. The van der Waals surface area contributed by atoms with Crippen LogP contribution in [0.25, 0.3) is 0 Å². The molecule has 17 heavy (non-hydrogen) atoms. The zero-order valence-corrected chi connectivity index (χ0v) is 9.85. The molecule has 1 unspecified atom stereocenters. The van der Waals surface area contributed by atoms with E-state index in [9.17, 15) is 15.0 Å². The van der Waals surface area contributed by atoms with Crippen molar-refractivity contribution in [1.29, 1.82) is 0 Å². The minimum absolute atomic E-state index is 0.0694. The molecule has 3 nitrogen and oxygen atoms in total. The Morgan fingerprint density at radius 2 is 1.94 bits per heavy atom. The van der Waals surface area contributed by atoms with Gasteiger partial charge in [-0.05, 0) is 22.4 Å². The fourth-order valence-corrected chi connectivity index (χ4v) is 2.42. The van der Waals surface area contributed by atoms with Gasteiger partial charge in [-0.25, -0.2) is 4.79 Å². The van der Waals surface area contributed by atoms with Crippen LogP contribution in [0.15, 0.2) is 47.2 Å². The van der Waals surface area contributed by atoms with Crippen LogP contribution < -0.4 is 0 Å². The summed E-state index contributed by atoms with van der Waals surface area (Å²) in [7, 11) is 0. The predicted octanol–water partition coefficient (Wildman–Crippen LogP) is 2.26. The zero-order chi connectivity index (χ0) is 12.3. The Labute approximate surface area is 103 Å². The molecule has 4 heteroatoms. The summed E-state index contributed by atoms with van der Waals surface area (Å²) in [6.45, 7) is 0. The maximum absolute atomic E-state index is 11.3. The first-order valence-electron chi connectivity index (χ1n) is 5.15. The van der Waals surface area contributed by atoms with Crippen LogP contribution in [0.4, 0.5) is 0 Å². The van der Waals surface area contributed by atoms with Crippen LogP contribution in [0.3, 0.4) is 0 Å². The van der Waals surface area contributed by atoms with E-state index in [0.29, 0.717) is 5.56 Å². The summed E-state index contributed by atoms with van der Waals surface area (Å²) in [6, 6.07) is 10.8. The van der Waals surface area contributed by atoms with Crippen molar-refractivity contribution in [2.24, 2.45) is 0 Å². The first kappa shape index (κ1) is 11.8. The highest BCUT2D eigenvalue weighted by Gasteiger charge is 2.38. The van der Waals surface area contributed by atoms with Gasteiger partial charge in [0.1, 0.15) is 0 Å². The van der Waals surface area contributed by atoms with E-state index in [-0.39, 0.29) is 6.42 Å². The largest absolute Gasteiger partial charge is 0.479 e. The molecule has 1 aromatic heterocycles. The molecule has 0 aliphatic rings. The average molecular weight is 248 g/mol. The lowest BCUT2D eigenvalue weighted by Gasteiger charge is -2.22. The molecule has 0 spiro atoms. The Balaban J connectivity index is 2.34. The monoisotopic (exact) mass is 248 g/mol. The highest BCUT2D eigenvalue weighted by atomic mass is 32.1. The standard InChI is InChI=1S/C13H12O3S/c14-12(15)13(16,11-6-7-17-9-11)8-10-4-2-1-3-5-10/h1-7,9,16H,8H2,(H,14,15). The Bertz CT molecular complexity index is 493. The molecular formula is C13H12O3S. The van der Waals surface area contributed by atoms with E-state index < -0.39 is 11.6 Å². The third-order valence-electron chi connectivity index (χ3n) is 2.66. The second-order valence-corrected chi connectivity index (χ2v) is 4.62. The number of aliphatic hydroxyl groups is 1. The molecule has 0 saturated heterocycles. The lowest BCUT2D eigenvalue weighted by molar-refractivity contribution is -0.159. The van der Waals surface area contributed by atoms with Gasteiger partial charge in [0.25, 0.3) is 0 Å². The van der Waals surface area contributed by atoms with Gasteiger partial charge in [-0.2, -0.15) is 11.3 Å². The fourth-order valence-electron chi connectivity index (χ4n) is 1.69. The molecular weight excluding hydrogens is 236 g/mol. The lowest BCUT2D eigenvalue weighted by Crippen LogP contribution is -2.37. The average Bonchev–Trinajstić information content (AvgIpc) is 2.84. The van der Waals surface area contributed by atoms with Gasteiger partial charge in [-0.1, -0.05) is 30.3 Å². The van der Waals surface area contributed by atoms with Crippen LogP contribution in [0.2, 0.25) is 0 Å². The minimum Gasteiger partial charge on any atom is -0.479 e. The van der Waals surface area contributed by atoms with E-state index >= 15 is 0 Å². The van der Waals surface area contributed by atoms with Gasteiger partial charge < -0.3 is 10.2 Å². The number of thiophene rings is 1. The number of benzene rings is 1. The van der Waals surface area contributed by atoms with Crippen LogP contribution in [-0.4, -0.2) is 16.2 Å². The highest BCUT2D eigenvalue weighted by molar-refractivity contribution is 7.08. The molecule has 2 aromatic rings. The normalized spacial score (nSPS) is 14.2. The van der Waals surface area contributed by atoms with Crippen molar-refractivity contribution in [2.75, 3.05) is 0 Å². The van der Waals surface area contributed by atoms with E-state index in [1.54, 1.807) is 29.0 Å². The van der Waals surface area contributed by atoms with Crippen molar-refractivity contribution in [3.8, 4) is 0 Å². The quantitative estimate of drug-likeness (QED) is 0.872. The number of carbonyl (C=O) groups is 1. The highest BCUT2D eigenvalue weighted by Crippen LogP contribution is 2.28. The SMILES string of the molecule is O=C(O)C(O)(Cc1ccccc1)c1ccsc1. The number of hydrogen-bond acceptors (Lipinski definition) is 3. The summed E-state index contributed by atoms with van der Waals surface area (Å²) in [6.07, 6.45) is 0.0694. The number of carboxylic acids is 1. The smallest absolute Gasteiger partial charge is 0.340 e. The van der Waals surface area contributed by atoms with Crippen LogP contribution >= 0.6 is 11.3 Å². The third-order valence-corrected chi connectivity index (χ3v) is 3.34. The fraction of sp³-hybridized carbons (Fsp3) is 0.154. The van der Waals surface area contributed by atoms with Crippen molar-refractivity contribution < 1.29 is 15.0 Å². The lowest BCUT2D eigenvalue weighted by atomic mass is 9.89. The van der Waals surface area contributed by atoms with Crippen LogP contribution in [0.1, 0.15) is 11.1 Å². The summed E-state index contributed by atoms with van der Waals surface area (Å²) in [4.78, 5) is 11.3. The molecule has 0 aliphatic carbocycles. The van der Waals surface area contributed by atoms with Gasteiger partial charge in [0.05, 0.1) is 0 Å². The molecule has 0 fully saturated rings. The molecule has 2 rings (SSSR count). The number of rotatable bonds is 4. The molecule has 0 aliphatic heterocycles. The number of aliphatic carboxylic acids is 1. The van der Waals surface area contributed by atoms with Gasteiger partial charge >= 0.3 is 5.97 Å². The summed E-state index contributed by atoms with van der Waals surface area (Å²) in [5.41, 5.74) is -0.621. The summed E-state index contributed by atoms with van der Waals surface area (Å²) < 4.78 is 0. The van der Waals surface area contributed by atoms with Crippen molar-refractivity contribution in [3.05, 3.63) is 58.3 Å². The summed E-state index contributed by atoms with van der Waals surface area (Å²) in [5.74, 6) is -1.22. The van der Waals surface area contributed by atoms with Crippen molar-refractivity contribution in [2.45, 2.75) is 12.0 Å². The van der Waals surface area contributed by atoms with E-state index in [4.69, 9.17) is 0 Å². The molecule has 1 atom stereocenters. The Kier molecular flexibility index (Phi) is 3.26. The van der Waals surface area contributed by atoms with Gasteiger partial charge in [-0.15, -0.1) is 0 Å². The van der Waals surface area contributed by atoms with E-state index in [2.05, 4.69) is 0 Å². The molecule has 2 N–H and O–H groups in total. The molecule has 1 aromatic carbocycles. The van der Waals surface area contributed by atoms with E-state index in [0.717, 1.165) is 5.56 Å². The molecule has 0 bridgehead atoms. The molecule has 1 heterocycles. The number of hydrogen-bond donors (Lipinski definition) is 2. The topological polar surface area (TPSA) is 57.5 Å². The molecule has 0 amide bonds. The Morgan fingerprint density at radius 3 is 2.47 bits per heavy atom. The summed E-state index contributed by atoms with van der Waals surface area (Å²) in [5, 5.41) is 23.0. The summed E-state index contributed by atoms with van der Waals surface area (Å²) >= 11 is 1.37. The van der Waals surface area contributed by atoms with Crippen LogP contribution in [0.5, 0.6) is 0 Å². The van der Waals surface area contributed by atoms with Crippen molar-refractivity contribution in [3.63, 3.8) is 0 Å². The first-order chi connectivity index (χ1) is 8.13. The number of carboxylic acid groups (broad SMARTS) is 1. The van der Waals surface area contributed by atoms with Crippen molar-refractivity contribution >= 4 is 17.3 Å². The maximum atomic E-state index is 11.3. The van der Waals surface area contributed by atoms with Gasteiger partial charge in [0.2, 0.25) is 0 Å². The van der Waals surface area contributed by atoms with Crippen LogP contribution in [0, 0.1) is 0 Å². The minimum atomic E-state index is -1.85. The van der Waals surface area contributed by atoms with Gasteiger partial charge in [-0.3, -0.25) is 0 Å². The molecule has 0 saturated carbocycles. The van der Waals surface area contributed by atoms with E-state index in [1.165, 1.54) is 11.3 Å². The second kappa shape index (κ2) is 4.69. The van der Waals surface area contributed by atoms with Crippen molar-refractivity contribution in [1.82, 2.24) is 0 Å². The van der Waals surface area contributed by atoms with Gasteiger partial charge in [0, 0.05) is 12.0 Å². The molecule has 0 radical (unpaired) electrons. The zero-order valence-electron chi connectivity index (χ0n) is 9.04. The predicted molar refractivity (Wildman–Crippen MR) is 66.0 cm³/mol. The third kappa shape index (κ3) is 2.38. The Morgan fingerprint density at radius 1 is 1.24 bits per heavy atom. The second-order valence-electron chi connectivity index (χ2n) is 3.84.